The summed E-state index contributed by atoms with van der Waals surface area (Å²) in [6, 6.07) is 3.79. The summed E-state index contributed by atoms with van der Waals surface area (Å²) in [5.41, 5.74) is 13.5. The number of methoxy groups -OCH3 is 1. The van der Waals surface area contributed by atoms with E-state index >= 15 is 0 Å². The molecule has 10 nitrogen and oxygen atoms in total. The lowest BCUT2D eigenvalue weighted by atomic mass is 10.0. The number of pyridine rings is 1. The Labute approximate surface area is 174 Å². The topological polar surface area (TPSA) is 147 Å². The molecule has 1 aliphatic rings. The van der Waals surface area contributed by atoms with Gasteiger partial charge in [-0.05, 0) is 30.9 Å². The molecule has 3 aromatic heterocycles. The standard InChI is InChI=1S/C20H26N8O2/c1-30-20(29)24-15-16(21)25-18(26-17(15)22)14-13-9-6-10-23-19(13)28(27-14)11-12-7-4-2-3-5-8-12/h6,9-10,12H,2-5,7-8,11H2,1H3,(H,24,29)(H4,21,22,25,26). The highest BCUT2D eigenvalue weighted by Crippen LogP contribution is 2.31. The lowest BCUT2D eigenvalue weighted by Gasteiger charge is -2.14. The Morgan fingerprint density at radius 2 is 1.90 bits per heavy atom. The van der Waals surface area contributed by atoms with E-state index in [2.05, 4.69) is 25.0 Å². The third-order valence-corrected chi connectivity index (χ3v) is 5.50. The Morgan fingerprint density at radius 3 is 2.57 bits per heavy atom. The molecule has 3 heterocycles. The van der Waals surface area contributed by atoms with E-state index in [1.54, 1.807) is 6.20 Å². The van der Waals surface area contributed by atoms with Crippen molar-refractivity contribution < 1.29 is 9.53 Å². The molecule has 1 aliphatic carbocycles. The van der Waals surface area contributed by atoms with Crippen LogP contribution in [0.4, 0.5) is 22.1 Å². The van der Waals surface area contributed by atoms with Crippen molar-refractivity contribution in [3.05, 3.63) is 18.3 Å². The van der Waals surface area contributed by atoms with E-state index in [1.807, 2.05) is 16.8 Å². The van der Waals surface area contributed by atoms with Gasteiger partial charge in [0.15, 0.2) is 23.1 Å². The number of anilines is 3. The van der Waals surface area contributed by atoms with E-state index in [-0.39, 0.29) is 23.1 Å². The van der Waals surface area contributed by atoms with Crippen LogP contribution in [0.5, 0.6) is 0 Å². The average molecular weight is 410 g/mol. The van der Waals surface area contributed by atoms with Gasteiger partial charge in [-0.1, -0.05) is 25.7 Å². The maximum Gasteiger partial charge on any atom is 0.411 e. The molecule has 1 saturated carbocycles. The fourth-order valence-electron chi connectivity index (χ4n) is 3.98. The van der Waals surface area contributed by atoms with Gasteiger partial charge < -0.3 is 16.2 Å². The fraction of sp³-hybridized carbons (Fsp3) is 0.450. The van der Waals surface area contributed by atoms with E-state index < -0.39 is 6.09 Å². The number of nitrogens with two attached hydrogens (primary N) is 2. The highest BCUT2D eigenvalue weighted by Gasteiger charge is 2.21. The first-order valence-corrected chi connectivity index (χ1v) is 10.2. The van der Waals surface area contributed by atoms with Crippen molar-refractivity contribution in [3.8, 4) is 11.5 Å². The molecule has 3 aromatic rings. The molecule has 0 spiro atoms. The molecule has 0 bridgehead atoms. The number of ether oxygens (including phenoxy) is 1. The number of carbonyl (C=O) groups excluding carboxylic acids is 1. The van der Waals surface area contributed by atoms with Crippen LogP contribution < -0.4 is 16.8 Å². The highest BCUT2D eigenvalue weighted by molar-refractivity contribution is 5.94. The predicted molar refractivity (Wildman–Crippen MR) is 115 cm³/mol. The summed E-state index contributed by atoms with van der Waals surface area (Å²) in [5, 5.41) is 8.05. The molecule has 4 rings (SSSR count). The summed E-state index contributed by atoms with van der Waals surface area (Å²) in [6.45, 7) is 0.806. The van der Waals surface area contributed by atoms with E-state index in [0.29, 0.717) is 11.6 Å². The largest absolute Gasteiger partial charge is 0.453 e. The Bertz CT molecular complexity index is 1030. The molecule has 0 unspecified atom stereocenters. The second-order valence-electron chi connectivity index (χ2n) is 7.57. The SMILES string of the molecule is COC(=O)Nc1c(N)nc(-c2nn(CC3CCCCCC3)c3ncccc23)nc1N. The zero-order valence-electron chi connectivity index (χ0n) is 17.0. The van der Waals surface area contributed by atoms with Gasteiger partial charge in [-0.3, -0.25) is 5.32 Å². The number of aromatic nitrogens is 5. The summed E-state index contributed by atoms with van der Waals surface area (Å²) < 4.78 is 6.52. The second-order valence-corrected chi connectivity index (χ2v) is 7.57. The Balaban J connectivity index is 1.71. The van der Waals surface area contributed by atoms with Crippen LogP contribution in [-0.2, 0) is 11.3 Å². The monoisotopic (exact) mass is 410 g/mol. The number of fused-ring (bicyclic) bond motifs is 1. The fourth-order valence-corrected chi connectivity index (χ4v) is 3.98. The molecular weight excluding hydrogens is 384 g/mol. The molecule has 10 heteroatoms. The summed E-state index contributed by atoms with van der Waals surface area (Å²) in [6.07, 6.45) is 8.58. The van der Waals surface area contributed by atoms with Gasteiger partial charge in [0.2, 0.25) is 0 Å². The van der Waals surface area contributed by atoms with Gasteiger partial charge in [0.25, 0.3) is 0 Å². The van der Waals surface area contributed by atoms with E-state index in [4.69, 9.17) is 16.6 Å². The molecule has 0 aliphatic heterocycles. The molecule has 0 saturated heterocycles. The van der Waals surface area contributed by atoms with Gasteiger partial charge in [0.05, 0.1) is 12.5 Å². The lowest BCUT2D eigenvalue weighted by molar-refractivity contribution is 0.187. The van der Waals surface area contributed by atoms with Crippen LogP contribution in [0.3, 0.4) is 0 Å². The maximum atomic E-state index is 11.5. The molecule has 1 amide bonds. The smallest absolute Gasteiger partial charge is 0.411 e. The number of carbonyl (C=O) groups is 1. The third kappa shape index (κ3) is 3.98. The van der Waals surface area contributed by atoms with Crippen molar-refractivity contribution in [1.82, 2.24) is 24.7 Å². The van der Waals surface area contributed by atoms with Crippen LogP contribution in [-0.4, -0.2) is 37.9 Å². The molecule has 0 aromatic carbocycles. The molecule has 158 valence electrons. The van der Waals surface area contributed by atoms with Gasteiger partial charge in [0, 0.05) is 12.7 Å². The number of hydrogen-bond acceptors (Lipinski definition) is 8. The van der Waals surface area contributed by atoms with Crippen LogP contribution in [0.2, 0.25) is 0 Å². The normalized spacial score (nSPS) is 15.1. The summed E-state index contributed by atoms with van der Waals surface area (Å²) in [4.78, 5) is 24.7. The van der Waals surface area contributed by atoms with Crippen LogP contribution in [0.25, 0.3) is 22.6 Å². The molecule has 0 atom stereocenters. The third-order valence-electron chi connectivity index (χ3n) is 5.50. The number of nitrogens with one attached hydrogen (secondary N) is 1. The number of hydrogen-bond donors (Lipinski definition) is 3. The number of amides is 1. The van der Waals surface area contributed by atoms with E-state index in [1.165, 1.54) is 45.6 Å². The summed E-state index contributed by atoms with van der Waals surface area (Å²) >= 11 is 0. The van der Waals surface area contributed by atoms with E-state index in [0.717, 1.165) is 17.6 Å². The quantitative estimate of drug-likeness (QED) is 0.556. The zero-order chi connectivity index (χ0) is 21.1. The number of nitrogen functional groups attached to an aromatic ring is 2. The predicted octanol–water partition coefficient (Wildman–Crippen LogP) is 3.20. The molecular formula is C20H26N8O2. The van der Waals surface area contributed by atoms with Crippen molar-refractivity contribution in [2.24, 2.45) is 5.92 Å². The van der Waals surface area contributed by atoms with Crippen molar-refractivity contribution in [2.45, 2.75) is 45.1 Å². The highest BCUT2D eigenvalue weighted by atomic mass is 16.5. The number of rotatable bonds is 4. The molecule has 1 fully saturated rings. The minimum Gasteiger partial charge on any atom is -0.453 e. The lowest BCUT2D eigenvalue weighted by Crippen LogP contribution is -2.16. The number of nitrogens with zero attached hydrogens (tertiary/aromatic N) is 5. The second kappa shape index (κ2) is 8.52. The maximum absolute atomic E-state index is 11.5. The Morgan fingerprint density at radius 1 is 1.20 bits per heavy atom. The van der Waals surface area contributed by atoms with Gasteiger partial charge in [0.1, 0.15) is 11.4 Å². The molecule has 0 radical (unpaired) electrons. The van der Waals surface area contributed by atoms with Crippen molar-refractivity contribution in [2.75, 3.05) is 23.9 Å². The van der Waals surface area contributed by atoms with Crippen LogP contribution >= 0.6 is 0 Å². The van der Waals surface area contributed by atoms with Gasteiger partial charge in [-0.2, -0.15) is 5.10 Å². The van der Waals surface area contributed by atoms with Crippen molar-refractivity contribution >= 4 is 34.4 Å². The van der Waals surface area contributed by atoms with Crippen LogP contribution in [0, 0.1) is 5.92 Å². The average Bonchev–Trinajstić information content (AvgIpc) is 2.91. The Kier molecular flexibility index (Phi) is 5.64. The van der Waals surface area contributed by atoms with Crippen LogP contribution in [0.15, 0.2) is 18.3 Å². The van der Waals surface area contributed by atoms with Crippen LogP contribution in [0.1, 0.15) is 38.5 Å². The summed E-state index contributed by atoms with van der Waals surface area (Å²) in [5.74, 6) is 0.947. The van der Waals surface area contributed by atoms with Crippen molar-refractivity contribution in [1.29, 1.82) is 0 Å². The first kappa shape index (κ1) is 19.9. The van der Waals surface area contributed by atoms with Gasteiger partial charge in [-0.15, -0.1) is 0 Å². The molecule has 30 heavy (non-hydrogen) atoms. The van der Waals surface area contributed by atoms with Gasteiger partial charge in [-0.25, -0.2) is 24.4 Å². The summed E-state index contributed by atoms with van der Waals surface area (Å²) in [7, 11) is 1.25. The zero-order valence-corrected chi connectivity index (χ0v) is 17.0. The Hall–Kier alpha value is -3.43. The minimum atomic E-state index is -0.702. The van der Waals surface area contributed by atoms with Crippen molar-refractivity contribution in [3.63, 3.8) is 0 Å². The first-order valence-electron chi connectivity index (χ1n) is 10.2. The molecule has 5 N–H and O–H groups in total. The minimum absolute atomic E-state index is 0.0401. The van der Waals surface area contributed by atoms with E-state index in [9.17, 15) is 4.79 Å². The van der Waals surface area contributed by atoms with Gasteiger partial charge >= 0.3 is 6.09 Å². The first-order chi connectivity index (χ1) is 14.6.